The van der Waals surface area contributed by atoms with Crippen LogP contribution in [-0.2, 0) is 0 Å². The first-order chi connectivity index (χ1) is 10.2. The van der Waals surface area contributed by atoms with Gasteiger partial charge in [-0.1, -0.05) is 75.3 Å². The van der Waals surface area contributed by atoms with Crippen molar-refractivity contribution in [2.24, 2.45) is 0 Å². The van der Waals surface area contributed by atoms with Crippen LogP contribution in [0.4, 0.5) is 0 Å². The molecule has 0 amide bonds. The van der Waals surface area contributed by atoms with Crippen molar-refractivity contribution in [3.05, 3.63) is 78.4 Å². The van der Waals surface area contributed by atoms with Gasteiger partial charge in [-0.3, -0.25) is 0 Å². The number of rotatable bonds is 3. The van der Waals surface area contributed by atoms with Crippen molar-refractivity contribution in [3.8, 4) is 11.1 Å². The Morgan fingerprint density at radius 2 is 1.43 bits per heavy atom. The minimum Gasteiger partial charge on any atom is -0.143 e. The van der Waals surface area contributed by atoms with E-state index in [9.17, 15) is 0 Å². The van der Waals surface area contributed by atoms with Crippen molar-refractivity contribution in [1.29, 1.82) is 0 Å². The Bertz CT molecular complexity index is 733. The van der Waals surface area contributed by atoms with Crippen LogP contribution < -0.4 is 10.6 Å². The summed E-state index contributed by atoms with van der Waals surface area (Å²) in [6, 6.07) is 25.8. The summed E-state index contributed by atoms with van der Waals surface area (Å²) in [5.41, 5.74) is 3.66. The van der Waals surface area contributed by atoms with Crippen LogP contribution in [-0.4, -0.2) is 0 Å². The average Bonchev–Trinajstić information content (AvgIpc) is 2.49. The van der Waals surface area contributed by atoms with Crippen LogP contribution in [0.1, 0.15) is 5.56 Å². The first-order valence-corrected chi connectivity index (χ1v) is 8.39. The Hall–Kier alpha value is -1.56. The highest BCUT2D eigenvalue weighted by molar-refractivity contribution is 7.80. The van der Waals surface area contributed by atoms with Gasteiger partial charge in [-0.2, -0.15) is 0 Å². The van der Waals surface area contributed by atoms with Gasteiger partial charge in [0.05, 0.1) is 0 Å². The molecular formula is C19H17PS. The summed E-state index contributed by atoms with van der Waals surface area (Å²) in [6.07, 6.45) is 0. The number of aryl methyl sites for hydroxylation is 1. The molecule has 3 aromatic carbocycles. The number of hydrogen-bond acceptors (Lipinski definition) is 1. The van der Waals surface area contributed by atoms with Crippen molar-refractivity contribution < 1.29 is 0 Å². The maximum Gasteiger partial charge on any atom is 0.0121 e. The van der Waals surface area contributed by atoms with Gasteiger partial charge in [0.1, 0.15) is 0 Å². The molecular weight excluding hydrogens is 291 g/mol. The van der Waals surface area contributed by atoms with Crippen LogP contribution in [0.25, 0.3) is 11.1 Å². The van der Waals surface area contributed by atoms with E-state index in [-0.39, 0.29) is 0 Å². The molecule has 0 aliphatic heterocycles. The molecule has 0 saturated heterocycles. The van der Waals surface area contributed by atoms with Gasteiger partial charge in [0.25, 0.3) is 0 Å². The van der Waals surface area contributed by atoms with Gasteiger partial charge < -0.3 is 0 Å². The average molecular weight is 308 g/mol. The third-order valence-electron chi connectivity index (χ3n) is 3.41. The minimum absolute atomic E-state index is 0.707. The summed E-state index contributed by atoms with van der Waals surface area (Å²) in [7, 11) is 0.707. The Morgan fingerprint density at radius 3 is 2.10 bits per heavy atom. The maximum absolute atomic E-state index is 4.59. The van der Waals surface area contributed by atoms with E-state index in [1.165, 1.54) is 27.3 Å². The SMILES string of the molecule is Cc1ccc(-c2ccc(Pc3ccccc3)cc2)c(S)c1. The lowest BCUT2D eigenvalue weighted by atomic mass is 10.0. The summed E-state index contributed by atoms with van der Waals surface area (Å²) in [5, 5.41) is 2.73. The lowest BCUT2D eigenvalue weighted by Crippen LogP contribution is -2.02. The lowest BCUT2D eigenvalue weighted by Gasteiger charge is -2.08. The van der Waals surface area contributed by atoms with Crippen LogP contribution in [0.5, 0.6) is 0 Å². The molecule has 3 rings (SSSR count). The smallest absolute Gasteiger partial charge is 0.0121 e. The molecule has 0 heterocycles. The first-order valence-electron chi connectivity index (χ1n) is 6.94. The quantitative estimate of drug-likeness (QED) is 0.531. The van der Waals surface area contributed by atoms with Crippen LogP contribution in [0.2, 0.25) is 0 Å². The van der Waals surface area contributed by atoms with Crippen molar-refractivity contribution in [2.45, 2.75) is 11.8 Å². The highest BCUT2D eigenvalue weighted by atomic mass is 32.1. The molecule has 21 heavy (non-hydrogen) atoms. The Morgan fingerprint density at radius 1 is 0.762 bits per heavy atom. The fourth-order valence-electron chi connectivity index (χ4n) is 2.31. The monoisotopic (exact) mass is 308 g/mol. The van der Waals surface area contributed by atoms with Crippen LogP contribution in [0, 0.1) is 6.92 Å². The summed E-state index contributed by atoms with van der Waals surface area (Å²) in [4.78, 5) is 1.04. The second-order valence-corrected chi connectivity index (χ2v) is 6.98. The maximum atomic E-state index is 4.59. The number of hydrogen-bond donors (Lipinski definition) is 1. The Balaban J connectivity index is 1.84. The van der Waals surface area contributed by atoms with Crippen molar-refractivity contribution >= 4 is 31.8 Å². The zero-order chi connectivity index (χ0) is 14.7. The van der Waals surface area contributed by atoms with Gasteiger partial charge in [-0.25, -0.2) is 0 Å². The second kappa shape index (κ2) is 6.47. The van der Waals surface area contributed by atoms with Crippen molar-refractivity contribution in [1.82, 2.24) is 0 Å². The first kappa shape index (κ1) is 14.4. The highest BCUT2D eigenvalue weighted by Crippen LogP contribution is 2.27. The summed E-state index contributed by atoms with van der Waals surface area (Å²) in [5.74, 6) is 0. The molecule has 104 valence electrons. The van der Waals surface area contributed by atoms with Crippen LogP contribution >= 0.6 is 21.2 Å². The molecule has 1 atom stereocenters. The van der Waals surface area contributed by atoms with Gasteiger partial charge in [-0.15, -0.1) is 12.6 Å². The predicted octanol–water partition coefficient (Wildman–Crippen LogP) is 4.58. The third-order valence-corrected chi connectivity index (χ3v) is 5.03. The van der Waals surface area contributed by atoms with Crippen molar-refractivity contribution in [3.63, 3.8) is 0 Å². The van der Waals surface area contributed by atoms with E-state index in [0.29, 0.717) is 8.58 Å². The van der Waals surface area contributed by atoms with Crippen molar-refractivity contribution in [2.75, 3.05) is 0 Å². The normalized spacial score (nSPS) is 11.1. The molecule has 0 aliphatic rings. The molecule has 0 fully saturated rings. The molecule has 0 aliphatic carbocycles. The Kier molecular flexibility index (Phi) is 4.43. The van der Waals surface area contributed by atoms with Gasteiger partial charge in [-0.05, 0) is 40.3 Å². The van der Waals surface area contributed by atoms with Crippen LogP contribution in [0.3, 0.4) is 0 Å². The largest absolute Gasteiger partial charge is 0.143 e. The molecule has 0 N–H and O–H groups in total. The molecule has 0 spiro atoms. The van der Waals surface area contributed by atoms with Gasteiger partial charge in [0, 0.05) is 4.90 Å². The molecule has 2 heteroatoms. The predicted molar refractivity (Wildman–Crippen MR) is 97.9 cm³/mol. The summed E-state index contributed by atoms with van der Waals surface area (Å²) in [6.45, 7) is 2.09. The molecule has 0 radical (unpaired) electrons. The second-order valence-electron chi connectivity index (χ2n) is 5.09. The fraction of sp³-hybridized carbons (Fsp3) is 0.0526. The topological polar surface area (TPSA) is 0 Å². The third kappa shape index (κ3) is 3.56. The fourth-order valence-corrected chi connectivity index (χ4v) is 3.74. The summed E-state index contributed by atoms with van der Waals surface area (Å²) >= 11 is 4.59. The van der Waals surface area contributed by atoms with E-state index in [0.717, 1.165) is 4.90 Å². The summed E-state index contributed by atoms with van der Waals surface area (Å²) < 4.78 is 0. The number of benzene rings is 3. The molecule has 0 bridgehead atoms. The van der Waals surface area contributed by atoms with Gasteiger partial charge >= 0.3 is 0 Å². The molecule has 3 aromatic rings. The standard InChI is InChI=1S/C19H17PS/c1-14-7-12-18(19(21)13-14)15-8-10-17(11-9-15)20-16-5-3-2-4-6-16/h2-13,20-21H,1H3. The molecule has 0 nitrogen and oxygen atoms in total. The van der Waals surface area contributed by atoms with E-state index >= 15 is 0 Å². The minimum atomic E-state index is 0.707. The van der Waals surface area contributed by atoms with E-state index in [2.05, 4.69) is 92.3 Å². The van der Waals surface area contributed by atoms with E-state index in [1.807, 2.05) is 0 Å². The molecule has 1 unspecified atom stereocenters. The lowest BCUT2D eigenvalue weighted by molar-refractivity contribution is 1.37. The molecule has 0 aromatic heterocycles. The van der Waals surface area contributed by atoms with E-state index < -0.39 is 0 Å². The van der Waals surface area contributed by atoms with Crippen LogP contribution in [0.15, 0.2) is 77.7 Å². The zero-order valence-corrected chi connectivity index (χ0v) is 13.8. The number of thiol groups is 1. The van der Waals surface area contributed by atoms with Gasteiger partial charge in [0.15, 0.2) is 0 Å². The molecule has 0 saturated carbocycles. The highest BCUT2D eigenvalue weighted by Gasteiger charge is 2.03. The zero-order valence-electron chi connectivity index (χ0n) is 11.9. The Labute approximate surface area is 133 Å². The van der Waals surface area contributed by atoms with Gasteiger partial charge in [0.2, 0.25) is 0 Å². The van der Waals surface area contributed by atoms with E-state index in [4.69, 9.17) is 0 Å². The van der Waals surface area contributed by atoms with E-state index in [1.54, 1.807) is 0 Å².